The van der Waals surface area contributed by atoms with Gasteiger partial charge in [-0.1, -0.05) is 26.7 Å². The van der Waals surface area contributed by atoms with Gasteiger partial charge in [0.25, 0.3) is 0 Å². The van der Waals surface area contributed by atoms with Gasteiger partial charge < -0.3 is 10.4 Å². The first-order valence-electron chi connectivity index (χ1n) is 5.57. The van der Waals surface area contributed by atoms with Crippen LogP contribution in [0.15, 0.2) is 0 Å². The fourth-order valence-corrected chi connectivity index (χ4v) is 2.62. The topological polar surface area (TPSA) is 49.3 Å². The lowest BCUT2D eigenvalue weighted by Crippen LogP contribution is -2.53. The average Bonchev–Trinajstić information content (AvgIpc) is 2.09. The number of nitrogens with one attached hydrogen (secondary N) is 1. The summed E-state index contributed by atoms with van der Waals surface area (Å²) in [6.07, 6.45) is 4.83. The molecule has 1 rings (SSSR count). The molecular weight excluding hydrogens is 178 g/mol. The molecule has 0 spiro atoms. The number of aliphatic carboxylic acids is 1. The third-order valence-electron chi connectivity index (χ3n) is 3.45. The summed E-state index contributed by atoms with van der Waals surface area (Å²) in [4.78, 5) is 10.9. The van der Waals surface area contributed by atoms with Crippen molar-refractivity contribution in [2.75, 3.05) is 6.54 Å². The van der Waals surface area contributed by atoms with Crippen molar-refractivity contribution in [3.05, 3.63) is 0 Å². The van der Waals surface area contributed by atoms with E-state index in [1.807, 2.05) is 6.92 Å². The van der Waals surface area contributed by atoms with E-state index >= 15 is 0 Å². The molecule has 2 atom stereocenters. The Morgan fingerprint density at radius 1 is 1.57 bits per heavy atom. The van der Waals surface area contributed by atoms with E-state index in [1.54, 1.807) is 0 Å². The van der Waals surface area contributed by atoms with Crippen LogP contribution in [0.25, 0.3) is 0 Å². The van der Waals surface area contributed by atoms with E-state index in [2.05, 4.69) is 12.2 Å². The Hall–Kier alpha value is -0.570. The van der Waals surface area contributed by atoms with Crippen molar-refractivity contribution in [3.63, 3.8) is 0 Å². The zero-order valence-electron chi connectivity index (χ0n) is 9.18. The summed E-state index contributed by atoms with van der Waals surface area (Å²) in [5, 5.41) is 12.3. The fourth-order valence-electron chi connectivity index (χ4n) is 2.62. The van der Waals surface area contributed by atoms with Crippen molar-refractivity contribution in [1.82, 2.24) is 5.32 Å². The van der Waals surface area contributed by atoms with Gasteiger partial charge in [-0.25, -0.2) is 0 Å². The number of carboxylic acids is 1. The van der Waals surface area contributed by atoms with Gasteiger partial charge in [0.1, 0.15) is 0 Å². The molecule has 0 bridgehead atoms. The summed E-state index contributed by atoms with van der Waals surface area (Å²) in [6.45, 7) is 5.08. The number of rotatable bonds is 4. The van der Waals surface area contributed by atoms with Gasteiger partial charge in [0, 0.05) is 5.54 Å². The van der Waals surface area contributed by atoms with Crippen LogP contribution in [-0.2, 0) is 4.79 Å². The minimum Gasteiger partial charge on any atom is -0.481 e. The van der Waals surface area contributed by atoms with Gasteiger partial charge in [0.2, 0.25) is 0 Å². The molecule has 1 aliphatic rings. The predicted octanol–water partition coefficient (Wildman–Crippen LogP) is 2.02. The molecule has 14 heavy (non-hydrogen) atoms. The van der Waals surface area contributed by atoms with Crippen LogP contribution in [0.3, 0.4) is 0 Å². The standard InChI is InChI=1S/C11H21NO2/c1-3-12-11(8-10(13)14)7-5-4-6-9(11)2/h9,12H,3-8H2,1-2H3,(H,13,14). The summed E-state index contributed by atoms with van der Waals surface area (Å²) in [7, 11) is 0. The highest BCUT2D eigenvalue weighted by atomic mass is 16.4. The van der Waals surface area contributed by atoms with Crippen LogP contribution < -0.4 is 5.32 Å². The molecule has 0 aromatic carbocycles. The van der Waals surface area contributed by atoms with Gasteiger partial charge in [-0.2, -0.15) is 0 Å². The molecule has 0 aromatic rings. The SMILES string of the molecule is CCNC1(CC(=O)O)CCCCC1C. The first kappa shape index (κ1) is 11.5. The predicted molar refractivity (Wildman–Crippen MR) is 56.3 cm³/mol. The van der Waals surface area contributed by atoms with Crippen molar-refractivity contribution < 1.29 is 9.90 Å². The van der Waals surface area contributed by atoms with Crippen LogP contribution in [0.5, 0.6) is 0 Å². The van der Waals surface area contributed by atoms with Crippen LogP contribution >= 0.6 is 0 Å². The Balaban J connectivity index is 2.71. The first-order chi connectivity index (χ1) is 6.60. The van der Waals surface area contributed by atoms with E-state index in [0.29, 0.717) is 5.92 Å². The molecule has 0 radical (unpaired) electrons. The molecule has 3 heteroatoms. The summed E-state index contributed by atoms with van der Waals surface area (Å²) in [6, 6.07) is 0. The van der Waals surface area contributed by atoms with E-state index in [-0.39, 0.29) is 12.0 Å². The largest absolute Gasteiger partial charge is 0.481 e. The second-order valence-electron chi connectivity index (χ2n) is 4.40. The molecule has 0 aromatic heterocycles. The average molecular weight is 199 g/mol. The first-order valence-corrected chi connectivity index (χ1v) is 5.57. The highest BCUT2D eigenvalue weighted by molar-refractivity contribution is 5.68. The van der Waals surface area contributed by atoms with Gasteiger partial charge in [0.05, 0.1) is 6.42 Å². The van der Waals surface area contributed by atoms with Crippen molar-refractivity contribution >= 4 is 5.97 Å². The van der Waals surface area contributed by atoms with Gasteiger partial charge >= 0.3 is 5.97 Å². The number of hydrogen-bond donors (Lipinski definition) is 2. The lowest BCUT2D eigenvalue weighted by molar-refractivity contribution is -0.139. The minimum absolute atomic E-state index is 0.140. The molecule has 0 aliphatic heterocycles. The van der Waals surface area contributed by atoms with Crippen LogP contribution in [0.4, 0.5) is 0 Å². The lowest BCUT2D eigenvalue weighted by Gasteiger charge is -2.42. The molecule has 0 amide bonds. The zero-order chi connectivity index (χ0) is 10.6. The van der Waals surface area contributed by atoms with E-state index in [4.69, 9.17) is 5.11 Å². The van der Waals surface area contributed by atoms with E-state index in [0.717, 1.165) is 25.8 Å². The van der Waals surface area contributed by atoms with Crippen LogP contribution in [0.2, 0.25) is 0 Å². The molecule has 3 nitrogen and oxygen atoms in total. The quantitative estimate of drug-likeness (QED) is 0.728. The normalized spacial score (nSPS) is 32.9. The van der Waals surface area contributed by atoms with Crippen molar-refractivity contribution in [2.45, 2.75) is 51.5 Å². The monoisotopic (exact) mass is 199 g/mol. The second-order valence-corrected chi connectivity index (χ2v) is 4.40. The van der Waals surface area contributed by atoms with E-state index < -0.39 is 5.97 Å². The molecular formula is C11H21NO2. The maximum atomic E-state index is 10.9. The maximum absolute atomic E-state index is 10.9. The highest BCUT2D eigenvalue weighted by Gasteiger charge is 2.38. The summed E-state index contributed by atoms with van der Waals surface area (Å²) in [5.74, 6) is -0.202. The molecule has 82 valence electrons. The van der Waals surface area contributed by atoms with Gasteiger partial charge in [-0.15, -0.1) is 0 Å². The van der Waals surface area contributed by atoms with Crippen molar-refractivity contribution in [2.24, 2.45) is 5.92 Å². The Bertz CT molecular complexity index is 201. The number of hydrogen-bond acceptors (Lipinski definition) is 2. The Morgan fingerprint density at radius 2 is 2.29 bits per heavy atom. The Morgan fingerprint density at radius 3 is 2.79 bits per heavy atom. The van der Waals surface area contributed by atoms with Crippen LogP contribution in [0.1, 0.15) is 46.0 Å². The zero-order valence-corrected chi connectivity index (χ0v) is 9.18. The summed E-state index contributed by atoms with van der Waals surface area (Å²) >= 11 is 0. The lowest BCUT2D eigenvalue weighted by atomic mass is 9.71. The van der Waals surface area contributed by atoms with E-state index in [9.17, 15) is 4.79 Å². The molecule has 1 saturated carbocycles. The van der Waals surface area contributed by atoms with Crippen LogP contribution in [0, 0.1) is 5.92 Å². The Kier molecular flexibility index (Phi) is 3.93. The van der Waals surface area contributed by atoms with Gasteiger partial charge in [0.15, 0.2) is 0 Å². The van der Waals surface area contributed by atoms with E-state index in [1.165, 1.54) is 6.42 Å². The maximum Gasteiger partial charge on any atom is 0.305 e. The van der Waals surface area contributed by atoms with Gasteiger partial charge in [-0.3, -0.25) is 4.79 Å². The highest BCUT2D eigenvalue weighted by Crippen LogP contribution is 2.36. The smallest absolute Gasteiger partial charge is 0.305 e. The van der Waals surface area contributed by atoms with Crippen molar-refractivity contribution in [1.29, 1.82) is 0 Å². The summed E-state index contributed by atoms with van der Waals surface area (Å²) in [5.41, 5.74) is -0.140. The number of carboxylic acid groups (broad SMARTS) is 1. The second kappa shape index (κ2) is 4.78. The number of carbonyl (C=O) groups is 1. The fraction of sp³-hybridized carbons (Fsp3) is 0.909. The van der Waals surface area contributed by atoms with Crippen molar-refractivity contribution in [3.8, 4) is 0 Å². The van der Waals surface area contributed by atoms with Crippen LogP contribution in [-0.4, -0.2) is 23.2 Å². The molecule has 2 N–H and O–H groups in total. The Labute approximate surface area is 85.9 Å². The summed E-state index contributed by atoms with van der Waals surface area (Å²) < 4.78 is 0. The molecule has 0 heterocycles. The molecule has 1 aliphatic carbocycles. The molecule has 1 fully saturated rings. The molecule has 0 saturated heterocycles. The third kappa shape index (κ3) is 2.47. The van der Waals surface area contributed by atoms with Gasteiger partial charge in [-0.05, 0) is 25.3 Å². The minimum atomic E-state index is -0.681. The molecule has 2 unspecified atom stereocenters. The third-order valence-corrected chi connectivity index (χ3v) is 3.45.